The van der Waals surface area contributed by atoms with Crippen molar-refractivity contribution in [2.24, 2.45) is 0 Å². The van der Waals surface area contributed by atoms with E-state index in [2.05, 4.69) is 109 Å². The summed E-state index contributed by atoms with van der Waals surface area (Å²) in [6.07, 6.45) is 9.85. The number of rotatable bonds is 5. The van der Waals surface area contributed by atoms with Crippen molar-refractivity contribution in [3.05, 3.63) is 173 Å². The second-order valence-electron chi connectivity index (χ2n) is 12.3. The lowest BCUT2D eigenvalue weighted by molar-refractivity contribution is 0.531. The quantitative estimate of drug-likeness (QED) is 0.196. The van der Waals surface area contributed by atoms with Crippen molar-refractivity contribution >= 4 is 22.6 Å². The van der Waals surface area contributed by atoms with E-state index in [1.807, 2.05) is 36.4 Å². The Morgan fingerprint density at radius 3 is 2.02 bits per heavy atom. The summed E-state index contributed by atoms with van der Waals surface area (Å²) >= 11 is 0. The van der Waals surface area contributed by atoms with Crippen LogP contribution in [-0.4, -0.2) is 15.0 Å². The first-order chi connectivity index (χ1) is 23.3. The first-order valence-corrected chi connectivity index (χ1v) is 16.3. The zero-order chi connectivity index (χ0) is 31.2. The van der Waals surface area contributed by atoms with E-state index < -0.39 is 0 Å². The molecule has 2 aliphatic carbocycles. The van der Waals surface area contributed by atoms with Crippen LogP contribution in [0.25, 0.3) is 56.5 Å². The van der Waals surface area contributed by atoms with E-state index in [4.69, 9.17) is 19.4 Å². The van der Waals surface area contributed by atoms with Crippen molar-refractivity contribution in [3.63, 3.8) is 0 Å². The van der Waals surface area contributed by atoms with Gasteiger partial charge in [0.15, 0.2) is 17.5 Å². The van der Waals surface area contributed by atoms with Gasteiger partial charge in [-0.3, -0.25) is 0 Å². The summed E-state index contributed by atoms with van der Waals surface area (Å²) in [4.78, 5) is 15.4. The maximum atomic E-state index is 6.57. The minimum atomic E-state index is 0.115. The fraction of sp³-hybridized carbons (Fsp3) is 0.0930. The van der Waals surface area contributed by atoms with Crippen molar-refractivity contribution < 1.29 is 4.42 Å². The van der Waals surface area contributed by atoms with E-state index in [0.29, 0.717) is 17.5 Å². The van der Waals surface area contributed by atoms with Crippen LogP contribution in [0.3, 0.4) is 0 Å². The van der Waals surface area contributed by atoms with Gasteiger partial charge in [-0.15, -0.1) is 0 Å². The van der Waals surface area contributed by atoms with E-state index >= 15 is 0 Å². The SMILES string of the molecule is C1=Cc2cc(C3C=C(c4nc(-c5ccccc5)nc(-c5ccc(-c6ccccc6)cc5)n4)c4c(oc5ccccc45)C3)ccc2CC1. The van der Waals surface area contributed by atoms with Crippen LogP contribution in [-0.2, 0) is 12.8 Å². The highest BCUT2D eigenvalue weighted by Crippen LogP contribution is 2.43. The molecule has 0 radical (unpaired) electrons. The van der Waals surface area contributed by atoms with Crippen molar-refractivity contribution in [2.45, 2.75) is 25.2 Å². The normalized spacial score (nSPS) is 15.2. The third kappa shape index (κ3) is 5.08. The molecule has 2 aromatic heterocycles. The predicted molar refractivity (Wildman–Crippen MR) is 190 cm³/mol. The van der Waals surface area contributed by atoms with Gasteiger partial charge in [-0.1, -0.05) is 140 Å². The molecule has 4 nitrogen and oxygen atoms in total. The Hall–Kier alpha value is -5.87. The van der Waals surface area contributed by atoms with Gasteiger partial charge in [0.2, 0.25) is 0 Å². The third-order valence-electron chi connectivity index (χ3n) is 9.35. The summed E-state index contributed by atoms with van der Waals surface area (Å²) < 4.78 is 6.57. The summed E-state index contributed by atoms with van der Waals surface area (Å²) in [5.41, 5.74) is 11.2. The molecule has 0 amide bonds. The molecule has 1 unspecified atom stereocenters. The minimum Gasteiger partial charge on any atom is -0.460 e. The fourth-order valence-corrected chi connectivity index (χ4v) is 6.94. The molecule has 0 saturated carbocycles. The van der Waals surface area contributed by atoms with E-state index in [9.17, 15) is 0 Å². The standard InChI is InChI=1S/C43H31N3O/c1-3-11-28(12-4-1)30-19-22-32(23-20-30)42-44-41(31-14-5-2-6-15-31)45-43(46-42)37-26-35(34-24-21-29-13-7-8-16-33(29)25-34)27-39-40(37)36-17-9-10-18-38(36)47-39/h1-6,8-12,14-26,35H,7,13,27H2. The van der Waals surface area contributed by atoms with Crippen molar-refractivity contribution in [1.29, 1.82) is 0 Å². The number of aromatic nitrogens is 3. The van der Waals surface area contributed by atoms with Crippen LogP contribution in [0.4, 0.5) is 0 Å². The maximum absolute atomic E-state index is 6.57. The molecule has 2 aliphatic rings. The van der Waals surface area contributed by atoms with Gasteiger partial charge in [-0.2, -0.15) is 0 Å². The molecule has 47 heavy (non-hydrogen) atoms. The van der Waals surface area contributed by atoms with Crippen LogP contribution in [0.2, 0.25) is 0 Å². The Balaban J connectivity index is 1.22. The molecule has 9 rings (SSSR count). The van der Waals surface area contributed by atoms with Crippen molar-refractivity contribution in [3.8, 4) is 33.9 Å². The van der Waals surface area contributed by atoms with Gasteiger partial charge < -0.3 is 4.42 Å². The lowest BCUT2D eigenvalue weighted by Crippen LogP contribution is -2.12. The van der Waals surface area contributed by atoms with Crippen LogP contribution < -0.4 is 0 Å². The van der Waals surface area contributed by atoms with E-state index in [1.165, 1.54) is 22.3 Å². The number of furan rings is 1. The summed E-state index contributed by atoms with van der Waals surface area (Å²) in [6.45, 7) is 0. The highest BCUT2D eigenvalue weighted by atomic mass is 16.3. The highest BCUT2D eigenvalue weighted by molar-refractivity contribution is 5.97. The Labute approximate surface area is 273 Å². The number of aryl methyl sites for hydroxylation is 1. The Kier molecular flexibility index (Phi) is 6.71. The molecule has 5 aromatic carbocycles. The molecule has 0 aliphatic heterocycles. The average Bonchev–Trinajstić information content (AvgIpc) is 3.53. The number of benzene rings is 5. The molecular weight excluding hydrogens is 574 g/mol. The second kappa shape index (κ2) is 11.5. The van der Waals surface area contributed by atoms with Gasteiger partial charge in [0.05, 0.1) is 0 Å². The van der Waals surface area contributed by atoms with E-state index in [-0.39, 0.29) is 5.92 Å². The zero-order valence-electron chi connectivity index (χ0n) is 25.8. The highest BCUT2D eigenvalue weighted by Gasteiger charge is 2.30. The molecule has 224 valence electrons. The first-order valence-electron chi connectivity index (χ1n) is 16.3. The predicted octanol–water partition coefficient (Wildman–Crippen LogP) is 10.3. The molecule has 0 N–H and O–H groups in total. The van der Waals surface area contributed by atoms with E-state index in [1.54, 1.807) is 0 Å². The van der Waals surface area contributed by atoms with Crippen LogP contribution >= 0.6 is 0 Å². The molecule has 2 heterocycles. The number of para-hydroxylation sites is 1. The second-order valence-corrected chi connectivity index (χ2v) is 12.3. The third-order valence-corrected chi connectivity index (χ3v) is 9.35. The van der Waals surface area contributed by atoms with Crippen molar-refractivity contribution in [1.82, 2.24) is 15.0 Å². The van der Waals surface area contributed by atoms with Gasteiger partial charge in [-0.25, -0.2) is 15.0 Å². The molecule has 0 bridgehead atoms. The van der Waals surface area contributed by atoms with E-state index in [0.717, 1.165) is 63.8 Å². The van der Waals surface area contributed by atoms with Crippen LogP contribution in [0.5, 0.6) is 0 Å². The van der Waals surface area contributed by atoms with Crippen LogP contribution in [0.1, 0.15) is 46.2 Å². The van der Waals surface area contributed by atoms with Gasteiger partial charge in [0.25, 0.3) is 0 Å². The van der Waals surface area contributed by atoms with Gasteiger partial charge in [0, 0.05) is 40.0 Å². The smallest absolute Gasteiger partial charge is 0.164 e. The van der Waals surface area contributed by atoms with Crippen molar-refractivity contribution in [2.75, 3.05) is 0 Å². The number of hydrogen-bond donors (Lipinski definition) is 0. The van der Waals surface area contributed by atoms with Crippen LogP contribution in [0, 0.1) is 0 Å². The summed E-state index contributed by atoms with van der Waals surface area (Å²) in [5.74, 6) is 3.02. The molecule has 0 fully saturated rings. The Morgan fingerprint density at radius 1 is 0.596 bits per heavy atom. The molecule has 0 saturated heterocycles. The first kappa shape index (κ1) is 27.4. The number of allylic oxidation sites excluding steroid dienone is 2. The molecular formula is C43H31N3O. The Morgan fingerprint density at radius 2 is 1.23 bits per heavy atom. The Bertz CT molecular complexity index is 2320. The maximum Gasteiger partial charge on any atom is 0.164 e. The number of hydrogen-bond acceptors (Lipinski definition) is 4. The molecule has 1 atom stereocenters. The monoisotopic (exact) mass is 605 g/mol. The number of nitrogens with zero attached hydrogens (tertiary/aromatic N) is 3. The molecule has 7 aromatic rings. The molecule has 0 spiro atoms. The lowest BCUT2D eigenvalue weighted by Gasteiger charge is -2.23. The van der Waals surface area contributed by atoms with Gasteiger partial charge >= 0.3 is 0 Å². The average molecular weight is 606 g/mol. The number of fused-ring (bicyclic) bond motifs is 4. The van der Waals surface area contributed by atoms with Crippen LogP contribution in [0.15, 0.2) is 144 Å². The largest absolute Gasteiger partial charge is 0.460 e. The summed E-state index contributed by atoms with van der Waals surface area (Å²) in [7, 11) is 0. The molecule has 4 heteroatoms. The fourth-order valence-electron chi connectivity index (χ4n) is 6.94. The van der Waals surface area contributed by atoms with Gasteiger partial charge in [-0.05, 0) is 46.7 Å². The van der Waals surface area contributed by atoms with Gasteiger partial charge in [0.1, 0.15) is 11.3 Å². The lowest BCUT2D eigenvalue weighted by atomic mass is 9.82. The summed E-state index contributed by atoms with van der Waals surface area (Å²) in [5, 5.41) is 1.08. The zero-order valence-corrected chi connectivity index (χ0v) is 25.8. The summed E-state index contributed by atoms with van der Waals surface area (Å²) in [6, 6.07) is 44.3. The minimum absolute atomic E-state index is 0.115. The topological polar surface area (TPSA) is 51.8 Å².